The standard InChI is InChI=1S/C11H19NO9.C6H12O6/c1-4(14)12-8(5(15)2-6(16)11(20)21)10(19)9(18)7(17)3-13;7-1-3(9)5(11)6(12)4(10)2-8/h5,7-10,13,15,17-19H,2-3H2,1H3,(H,12,14)(H,20,21);1,3-6,8-12H,2H2/t5-,7+,8+,9+,10+;3-,4+,5+,6+/m00/s1. The number of Topliss-reactive ketones (excluding diaryl/α,β-unsaturated/α-hetero) is 1. The van der Waals surface area contributed by atoms with E-state index in [1.54, 1.807) is 0 Å². The number of carbonyl (C=O) groups is 4. The van der Waals surface area contributed by atoms with Crippen molar-refractivity contribution in [3.05, 3.63) is 0 Å². The number of nitrogens with one attached hydrogen (secondary N) is 1. The Bertz CT molecular complexity index is 617. The van der Waals surface area contributed by atoms with Gasteiger partial charge in [-0.3, -0.25) is 9.59 Å². The molecule has 1 amide bonds. The summed E-state index contributed by atoms with van der Waals surface area (Å²) < 4.78 is 0. The predicted molar refractivity (Wildman–Crippen MR) is 103 cm³/mol. The van der Waals surface area contributed by atoms with Gasteiger partial charge in [-0.2, -0.15) is 0 Å². The van der Waals surface area contributed by atoms with E-state index in [0.717, 1.165) is 6.92 Å². The summed E-state index contributed by atoms with van der Waals surface area (Å²) in [5, 5.41) is 101. The van der Waals surface area contributed by atoms with Crippen molar-refractivity contribution in [1.29, 1.82) is 0 Å². The van der Waals surface area contributed by atoms with E-state index in [2.05, 4.69) is 0 Å². The first-order valence-corrected chi connectivity index (χ1v) is 9.30. The number of carboxylic acid groups (broad SMARTS) is 1. The number of carboxylic acids is 1. The highest BCUT2D eigenvalue weighted by atomic mass is 16.4. The van der Waals surface area contributed by atoms with Crippen molar-refractivity contribution >= 4 is 23.9 Å². The zero-order chi connectivity index (χ0) is 26.5. The zero-order valence-electron chi connectivity index (χ0n) is 17.4. The molecule has 0 aromatic carbocycles. The molecule has 9 atom stereocenters. The monoisotopic (exact) mass is 489 g/mol. The van der Waals surface area contributed by atoms with Crippen LogP contribution in [0.25, 0.3) is 0 Å². The Labute approximate surface area is 187 Å². The number of ketones is 1. The SMILES string of the molecule is CC(=O)N[C@@H]([C@@H](O)[C@H](O)[C@H](O)CO)[C@@H](O)CC(=O)C(=O)O.O=C[C@H](O)[C@@H](O)[C@H](O)[C@H](O)CO. The van der Waals surface area contributed by atoms with Crippen molar-refractivity contribution in [3.8, 4) is 0 Å². The molecule has 0 spiro atoms. The van der Waals surface area contributed by atoms with Gasteiger partial charge in [0.15, 0.2) is 6.29 Å². The summed E-state index contributed by atoms with van der Waals surface area (Å²) in [4.78, 5) is 42.3. The third kappa shape index (κ3) is 12.1. The maximum absolute atomic E-state index is 11.0. The van der Waals surface area contributed by atoms with E-state index in [-0.39, 0.29) is 6.29 Å². The molecule has 0 rings (SSSR count). The molecule has 194 valence electrons. The molecule has 16 nitrogen and oxygen atoms in total. The van der Waals surface area contributed by atoms with E-state index in [1.165, 1.54) is 0 Å². The summed E-state index contributed by atoms with van der Waals surface area (Å²) in [5.41, 5.74) is 0. The normalized spacial score (nSPS) is 19.2. The van der Waals surface area contributed by atoms with Crippen LogP contribution in [0.15, 0.2) is 0 Å². The fraction of sp³-hybridized carbons (Fsp3) is 0.765. The molecule has 0 saturated carbocycles. The number of amides is 1. The number of aliphatic hydroxyl groups excluding tert-OH is 10. The summed E-state index contributed by atoms with van der Waals surface area (Å²) in [7, 11) is 0. The van der Waals surface area contributed by atoms with E-state index in [9.17, 15) is 39.6 Å². The Balaban J connectivity index is 0. The van der Waals surface area contributed by atoms with Crippen LogP contribution in [0.2, 0.25) is 0 Å². The van der Waals surface area contributed by atoms with Gasteiger partial charge < -0.3 is 66.3 Å². The first-order chi connectivity index (χ1) is 15.2. The summed E-state index contributed by atoms with van der Waals surface area (Å²) in [6.07, 6.45) is -15.2. The minimum absolute atomic E-state index is 0.0258. The van der Waals surface area contributed by atoms with Gasteiger partial charge in [0.1, 0.15) is 42.7 Å². The fourth-order valence-corrected chi connectivity index (χ4v) is 2.21. The maximum atomic E-state index is 11.0. The summed E-state index contributed by atoms with van der Waals surface area (Å²) in [6.45, 7) is -0.626. The molecule has 33 heavy (non-hydrogen) atoms. The molecule has 0 heterocycles. The van der Waals surface area contributed by atoms with Crippen molar-refractivity contribution in [2.24, 2.45) is 0 Å². The highest BCUT2D eigenvalue weighted by Crippen LogP contribution is 2.12. The molecule has 16 heteroatoms. The van der Waals surface area contributed by atoms with E-state index in [1.807, 2.05) is 5.32 Å². The molecule has 0 bridgehead atoms. The summed E-state index contributed by atoms with van der Waals surface area (Å²) in [6, 6.07) is -1.61. The van der Waals surface area contributed by atoms with Crippen molar-refractivity contribution in [2.75, 3.05) is 13.2 Å². The van der Waals surface area contributed by atoms with E-state index in [0.29, 0.717) is 0 Å². The second-order valence-electron chi connectivity index (χ2n) is 6.81. The van der Waals surface area contributed by atoms with Crippen LogP contribution in [0.4, 0.5) is 0 Å². The minimum Gasteiger partial charge on any atom is -0.475 e. The number of hydrogen-bond donors (Lipinski definition) is 12. The lowest BCUT2D eigenvalue weighted by Gasteiger charge is -2.32. The number of aliphatic hydroxyl groups is 10. The van der Waals surface area contributed by atoms with Crippen LogP contribution in [0, 0.1) is 0 Å². The lowest BCUT2D eigenvalue weighted by atomic mass is 9.94. The molecule has 0 radical (unpaired) electrons. The number of rotatable bonds is 14. The highest BCUT2D eigenvalue weighted by Gasteiger charge is 2.37. The van der Waals surface area contributed by atoms with Crippen LogP contribution in [-0.2, 0) is 19.2 Å². The van der Waals surface area contributed by atoms with Gasteiger partial charge in [0.25, 0.3) is 0 Å². The van der Waals surface area contributed by atoms with Crippen LogP contribution in [0.3, 0.4) is 0 Å². The van der Waals surface area contributed by atoms with E-state index in [4.69, 9.17) is 35.7 Å². The summed E-state index contributed by atoms with van der Waals surface area (Å²) >= 11 is 0. The van der Waals surface area contributed by atoms with E-state index >= 15 is 0 Å². The van der Waals surface area contributed by atoms with Crippen LogP contribution in [0.1, 0.15) is 13.3 Å². The second-order valence-corrected chi connectivity index (χ2v) is 6.81. The quantitative estimate of drug-likeness (QED) is 0.0796. The van der Waals surface area contributed by atoms with Gasteiger partial charge in [-0.1, -0.05) is 0 Å². The van der Waals surface area contributed by atoms with Gasteiger partial charge in [-0.15, -0.1) is 0 Å². The maximum Gasteiger partial charge on any atom is 0.372 e. The topological polar surface area (TPSA) is 303 Å². The van der Waals surface area contributed by atoms with Gasteiger partial charge >= 0.3 is 5.97 Å². The van der Waals surface area contributed by atoms with Gasteiger partial charge in [0, 0.05) is 13.3 Å². The minimum atomic E-state index is -1.94. The fourth-order valence-electron chi connectivity index (χ4n) is 2.21. The first-order valence-electron chi connectivity index (χ1n) is 9.30. The van der Waals surface area contributed by atoms with E-state index < -0.39 is 92.2 Å². The van der Waals surface area contributed by atoms with Crippen molar-refractivity contribution < 1.29 is 75.3 Å². The lowest BCUT2D eigenvalue weighted by molar-refractivity contribution is -0.151. The zero-order valence-corrected chi connectivity index (χ0v) is 17.4. The number of aldehydes is 1. The largest absolute Gasteiger partial charge is 0.475 e. The van der Waals surface area contributed by atoms with Crippen LogP contribution < -0.4 is 5.32 Å². The average molecular weight is 489 g/mol. The van der Waals surface area contributed by atoms with Crippen LogP contribution in [-0.4, -0.2) is 148 Å². The molecule has 0 aliphatic rings. The highest BCUT2D eigenvalue weighted by molar-refractivity contribution is 6.32. The Hall–Kier alpha value is -2.12. The van der Waals surface area contributed by atoms with Crippen molar-refractivity contribution in [3.63, 3.8) is 0 Å². The Morgan fingerprint density at radius 3 is 1.52 bits per heavy atom. The molecule has 0 aliphatic carbocycles. The molecule has 0 aromatic rings. The predicted octanol–water partition coefficient (Wildman–Crippen LogP) is -7.41. The van der Waals surface area contributed by atoms with Crippen molar-refractivity contribution in [2.45, 2.75) is 68.2 Å². The van der Waals surface area contributed by atoms with Crippen LogP contribution >= 0.6 is 0 Å². The molecule has 0 saturated heterocycles. The Morgan fingerprint density at radius 1 is 0.758 bits per heavy atom. The summed E-state index contributed by atoms with van der Waals surface area (Å²) in [5.74, 6) is -3.89. The number of carbonyl (C=O) groups excluding carboxylic acids is 3. The van der Waals surface area contributed by atoms with Gasteiger partial charge in [-0.25, -0.2) is 4.79 Å². The molecule has 0 unspecified atom stereocenters. The number of hydrogen-bond acceptors (Lipinski definition) is 14. The molecule has 0 aliphatic heterocycles. The first kappa shape index (κ1) is 33.1. The number of aliphatic carboxylic acids is 1. The van der Waals surface area contributed by atoms with Crippen LogP contribution in [0.5, 0.6) is 0 Å². The molecule has 12 N–H and O–H groups in total. The molecule has 0 fully saturated rings. The second kappa shape index (κ2) is 16.5. The smallest absolute Gasteiger partial charge is 0.372 e. The van der Waals surface area contributed by atoms with Gasteiger partial charge in [0.05, 0.1) is 25.4 Å². The molecular weight excluding hydrogens is 458 g/mol. The van der Waals surface area contributed by atoms with Gasteiger partial charge in [-0.05, 0) is 0 Å². The molecular formula is C17H31NO15. The lowest BCUT2D eigenvalue weighted by Crippen LogP contribution is -2.57. The Morgan fingerprint density at radius 2 is 1.18 bits per heavy atom. The third-order valence-corrected chi connectivity index (χ3v) is 4.14. The Kier molecular flexibility index (Phi) is 16.5. The average Bonchev–Trinajstić information content (AvgIpc) is 2.78. The van der Waals surface area contributed by atoms with Crippen molar-refractivity contribution in [1.82, 2.24) is 5.32 Å². The third-order valence-electron chi connectivity index (χ3n) is 4.14. The van der Waals surface area contributed by atoms with Gasteiger partial charge in [0.2, 0.25) is 11.7 Å². The molecule has 0 aromatic heterocycles.